The molecule has 0 bridgehead atoms. The summed E-state index contributed by atoms with van der Waals surface area (Å²) in [4.78, 5) is 2.31. The Bertz CT molecular complexity index is 795. The summed E-state index contributed by atoms with van der Waals surface area (Å²) >= 11 is 6.09. The van der Waals surface area contributed by atoms with Gasteiger partial charge in [-0.05, 0) is 73.3 Å². The topological polar surface area (TPSA) is 41.9 Å². The van der Waals surface area contributed by atoms with E-state index in [0.717, 1.165) is 47.6 Å². The fourth-order valence-electron chi connectivity index (χ4n) is 3.58. The zero-order valence-corrected chi connectivity index (χ0v) is 17.1. The van der Waals surface area contributed by atoms with Crippen LogP contribution in [0.4, 0.5) is 0 Å². The van der Waals surface area contributed by atoms with Crippen molar-refractivity contribution in [2.75, 3.05) is 27.8 Å². The van der Waals surface area contributed by atoms with Gasteiger partial charge in [0.2, 0.25) is 0 Å². The van der Waals surface area contributed by atoms with Gasteiger partial charge < -0.3 is 14.6 Å². The molecule has 0 saturated carbocycles. The van der Waals surface area contributed by atoms with E-state index in [0.29, 0.717) is 5.02 Å². The molecule has 1 aliphatic rings. The van der Waals surface area contributed by atoms with Crippen LogP contribution in [0.15, 0.2) is 24.3 Å². The lowest BCUT2D eigenvalue weighted by Crippen LogP contribution is -2.33. The summed E-state index contributed by atoms with van der Waals surface area (Å²) in [5.74, 6) is 1.85. The fourth-order valence-corrected chi connectivity index (χ4v) is 3.77. The van der Waals surface area contributed by atoms with E-state index >= 15 is 0 Å². The largest absolute Gasteiger partial charge is 0.506 e. The number of aromatic hydroxyl groups is 1. The first-order valence-corrected chi connectivity index (χ1v) is 8.75. The van der Waals surface area contributed by atoms with E-state index in [1.807, 2.05) is 25.1 Å². The van der Waals surface area contributed by atoms with Crippen molar-refractivity contribution in [1.82, 2.24) is 4.90 Å². The molecule has 0 amide bonds. The molecular weight excluding hydrogens is 373 g/mol. The van der Waals surface area contributed by atoms with Gasteiger partial charge in [-0.1, -0.05) is 11.6 Å². The van der Waals surface area contributed by atoms with Crippen LogP contribution in [0.25, 0.3) is 0 Å². The predicted molar refractivity (Wildman–Crippen MR) is 107 cm³/mol. The minimum absolute atomic E-state index is 0. The van der Waals surface area contributed by atoms with Crippen molar-refractivity contribution in [3.05, 3.63) is 51.5 Å². The summed E-state index contributed by atoms with van der Waals surface area (Å²) < 4.78 is 11.1. The van der Waals surface area contributed by atoms with Crippen LogP contribution in [0.1, 0.15) is 28.3 Å². The number of fused-ring (bicyclic) bond motifs is 1. The third kappa shape index (κ3) is 3.88. The Hall–Kier alpha value is -1.62. The van der Waals surface area contributed by atoms with Crippen LogP contribution < -0.4 is 9.47 Å². The van der Waals surface area contributed by atoms with Crippen LogP contribution in [0, 0.1) is 6.92 Å². The molecule has 0 aliphatic carbocycles. The number of halogens is 2. The Morgan fingerprint density at radius 3 is 2.50 bits per heavy atom. The third-order valence-electron chi connectivity index (χ3n) is 5.04. The summed E-state index contributed by atoms with van der Waals surface area (Å²) in [6.45, 7) is 2.96. The van der Waals surface area contributed by atoms with Gasteiger partial charge in [0.25, 0.3) is 0 Å². The van der Waals surface area contributed by atoms with E-state index in [1.165, 1.54) is 5.56 Å². The predicted octanol–water partition coefficient (Wildman–Crippen LogP) is 4.56. The van der Waals surface area contributed by atoms with E-state index < -0.39 is 0 Å². The van der Waals surface area contributed by atoms with Gasteiger partial charge >= 0.3 is 0 Å². The molecule has 26 heavy (non-hydrogen) atoms. The Labute approximate surface area is 166 Å². The van der Waals surface area contributed by atoms with E-state index in [9.17, 15) is 5.11 Å². The molecule has 2 aromatic carbocycles. The normalized spacial score (nSPS) is 16.6. The van der Waals surface area contributed by atoms with Crippen LogP contribution in [0.2, 0.25) is 5.02 Å². The van der Waals surface area contributed by atoms with Crippen LogP contribution in [0.5, 0.6) is 17.2 Å². The van der Waals surface area contributed by atoms with E-state index in [2.05, 4.69) is 11.9 Å². The zero-order chi connectivity index (χ0) is 18.1. The summed E-state index contributed by atoms with van der Waals surface area (Å²) in [7, 11) is 5.48. The Kier molecular flexibility index (Phi) is 6.67. The highest BCUT2D eigenvalue weighted by atomic mass is 35.5. The fraction of sp³-hybridized carbons (Fsp3) is 0.400. The first kappa shape index (κ1) is 20.7. The molecule has 2 aromatic rings. The average Bonchev–Trinajstić information content (AvgIpc) is 2.60. The van der Waals surface area contributed by atoms with Gasteiger partial charge in [0.15, 0.2) is 0 Å². The van der Waals surface area contributed by atoms with E-state index in [4.69, 9.17) is 21.1 Å². The van der Waals surface area contributed by atoms with Gasteiger partial charge in [0.1, 0.15) is 17.2 Å². The summed E-state index contributed by atoms with van der Waals surface area (Å²) in [6, 6.07) is 7.89. The molecule has 1 N–H and O–H groups in total. The Balaban J connectivity index is 0.00000243. The van der Waals surface area contributed by atoms with Gasteiger partial charge in [-0.25, -0.2) is 0 Å². The number of aryl methyl sites for hydroxylation is 1. The van der Waals surface area contributed by atoms with Crippen LogP contribution >= 0.6 is 24.0 Å². The van der Waals surface area contributed by atoms with E-state index in [-0.39, 0.29) is 24.2 Å². The number of nitrogens with zero attached hydrogens (tertiary/aromatic N) is 1. The Morgan fingerprint density at radius 1 is 1.15 bits per heavy atom. The van der Waals surface area contributed by atoms with Crippen molar-refractivity contribution in [3.8, 4) is 17.2 Å². The average molecular weight is 398 g/mol. The molecule has 3 rings (SSSR count). The van der Waals surface area contributed by atoms with Crippen LogP contribution in [0.3, 0.4) is 0 Å². The molecule has 142 valence electrons. The molecule has 1 unspecified atom stereocenters. The number of phenolic OH excluding ortho intramolecular Hbond substituents is 1. The first-order valence-electron chi connectivity index (χ1n) is 8.37. The quantitative estimate of drug-likeness (QED) is 0.820. The highest BCUT2D eigenvalue weighted by molar-refractivity contribution is 6.32. The van der Waals surface area contributed by atoms with Crippen molar-refractivity contribution in [2.45, 2.75) is 25.8 Å². The third-order valence-corrected chi connectivity index (χ3v) is 5.35. The number of benzene rings is 2. The molecule has 1 aliphatic heterocycles. The second-order valence-electron chi connectivity index (χ2n) is 6.59. The van der Waals surface area contributed by atoms with E-state index in [1.54, 1.807) is 20.3 Å². The maximum absolute atomic E-state index is 10.1. The van der Waals surface area contributed by atoms with Crippen molar-refractivity contribution in [2.24, 2.45) is 0 Å². The first-order chi connectivity index (χ1) is 11.9. The standard InChI is InChI=1S/C20H24ClNO3.ClH/c1-12-7-20(25-4)14(10-19(12)24-3)9-17-15-11-18(23)16(21)8-13(15)5-6-22(17)2;/h7-8,10-11,17,23H,5-6,9H2,1-4H3;1H. The second kappa shape index (κ2) is 8.38. The molecule has 0 saturated heterocycles. The molecule has 0 radical (unpaired) electrons. The minimum atomic E-state index is 0. The molecular formula is C20H25Cl2NO3. The number of rotatable bonds is 4. The number of phenols is 1. The number of methoxy groups -OCH3 is 2. The maximum atomic E-state index is 10.1. The van der Waals surface area contributed by atoms with Crippen LogP contribution in [-0.2, 0) is 12.8 Å². The molecule has 0 aromatic heterocycles. The van der Waals surface area contributed by atoms with Gasteiger partial charge in [-0.15, -0.1) is 12.4 Å². The zero-order valence-electron chi connectivity index (χ0n) is 15.5. The minimum Gasteiger partial charge on any atom is -0.506 e. The lowest BCUT2D eigenvalue weighted by Gasteiger charge is -2.35. The highest BCUT2D eigenvalue weighted by Crippen LogP contribution is 2.39. The number of hydrogen-bond acceptors (Lipinski definition) is 4. The smallest absolute Gasteiger partial charge is 0.134 e. The van der Waals surface area contributed by atoms with Crippen molar-refractivity contribution >= 4 is 24.0 Å². The Morgan fingerprint density at radius 2 is 1.85 bits per heavy atom. The SMILES string of the molecule is COc1cc(CC2c3cc(O)c(Cl)cc3CCN2C)c(OC)cc1C.Cl. The molecule has 1 atom stereocenters. The van der Waals surface area contributed by atoms with Gasteiger partial charge in [-0.3, -0.25) is 4.90 Å². The van der Waals surface area contributed by atoms with Gasteiger partial charge in [0, 0.05) is 12.6 Å². The summed E-state index contributed by atoms with van der Waals surface area (Å²) in [5.41, 5.74) is 4.45. The monoisotopic (exact) mass is 397 g/mol. The van der Waals surface area contributed by atoms with Crippen molar-refractivity contribution in [3.63, 3.8) is 0 Å². The molecule has 4 nitrogen and oxygen atoms in total. The van der Waals surface area contributed by atoms with Gasteiger partial charge in [-0.2, -0.15) is 0 Å². The lowest BCUT2D eigenvalue weighted by molar-refractivity contribution is 0.227. The molecule has 0 spiro atoms. The number of likely N-dealkylation sites (N-methyl/N-ethyl adjacent to an activating group) is 1. The number of ether oxygens (including phenoxy) is 2. The maximum Gasteiger partial charge on any atom is 0.134 e. The lowest BCUT2D eigenvalue weighted by atomic mass is 9.88. The second-order valence-corrected chi connectivity index (χ2v) is 6.99. The highest BCUT2D eigenvalue weighted by Gasteiger charge is 2.27. The van der Waals surface area contributed by atoms with Gasteiger partial charge in [0.05, 0.1) is 19.2 Å². The number of hydrogen-bond donors (Lipinski definition) is 1. The summed E-state index contributed by atoms with van der Waals surface area (Å²) in [6.07, 6.45) is 1.70. The van der Waals surface area contributed by atoms with Crippen LogP contribution in [-0.4, -0.2) is 37.8 Å². The van der Waals surface area contributed by atoms with Crippen molar-refractivity contribution < 1.29 is 14.6 Å². The molecule has 1 heterocycles. The molecule has 0 fully saturated rings. The summed E-state index contributed by atoms with van der Waals surface area (Å²) in [5, 5.41) is 10.5. The van der Waals surface area contributed by atoms with Crippen molar-refractivity contribution in [1.29, 1.82) is 0 Å². The molecule has 6 heteroatoms.